The smallest absolute Gasteiger partial charge is 0.315 e. The summed E-state index contributed by atoms with van der Waals surface area (Å²) in [6.45, 7) is 0.759. The SMILES string of the molecule is O=CCCCCCCCCCCC(=O)NCCCCCCCC(=O)OI. The van der Waals surface area contributed by atoms with E-state index in [9.17, 15) is 14.4 Å². The quantitative estimate of drug-likeness (QED) is 0.152. The van der Waals surface area contributed by atoms with E-state index in [1.54, 1.807) is 23.0 Å². The monoisotopic (exact) mass is 481 g/mol. The van der Waals surface area contributed by atoms with Crippen LogP contribution >= 0.6 is 23.0 Å². The number of aldehydes is 1. The van der Waals surface area contributed by atoms with Gasteiger partial charge in [-0.05, 0) is 25.7 Å². The van der Waals surface area contributed by atoms with Gasteiger partial charge in [0, 0.05) is 25.8 Å². The maximum absolute atomic E-state index is 11.7. The van der Waals surface area contributed by atoms with Gasteiger partial charge in [0.05, 0.1) is 0 Å². The molecule has 0 aliphatic rings. The average molecular weight is 481 g/mol. The Kier molecular flexibility index (Phi) is 20.1. The van der Waals surface area contributed by atoms with E-state index in [0.29, 0.717) is 19.3 Å². The van der Waals surface area contributed by atoms with E-state index >= 15 is 0 Å². The average Bonchev–Trinajstić information content (AvgIpc) is 2.65. The lowest BCUT2D eigenvalue weighted by Gasteiger charge is -2.05. The van der Waals surface area contributed by atoms with Crippen LogP contribution in [0, 0.1) is 0 Å². The summed E-state index contributed by atoms with van der Waals surface area (Å²) in [5.41, 5.74) is 0. The summed E-state index contributed by atoms with van der Waals surface area (Å²) in [5.74, 6) is 0.0242. The molecule has 0 atom stereocenters. The number of unbranched alkanes of at least 4 members (excludes halogenated alkanes) is 12. The van der Waals surface area contributed by atoms with E-state index in [-0.39, 0.29) is 11.9 Å². The normalized spacial score (nSPS) is 10.5. The lowest BCUT2D eigenvalue weighted by atomic mass is 10.1. The molecule has 0 spiro atoms. The van der Waals surface area contributed by atoms with E-state index < -0.39 is 0 Å². The molecule has 0 bridgehead atoms. The first-order valence-corrected chi connectivity index (χ1v) is 11.1. The molecule has 0 aliphatic carbocycles. The first-order chi connectivity index (χ1) is 12.7. The van der Waals surface area contributed by atoms with Crippen LogP contribution in [0.1, 0.15) is 103 Å². The van der Waals surface area contributed by atoms with Gasteiger partial charge in [0.1, 0.15) is 6.29 Å². The van der Waals surface area contributed by atoms with E-state index in [1.807, 2.05) is 0 Å². The summed E-state index contributed by atoms with van der Waals surface area (Å²) in [5, 5.41) is 2.99. The fourth-order valence-corrected chi connectivity index (χ4v) is 3.07. The molecule has 0 heterocycles. The summed E-state index contributed by atoms with van der Waals surface area (Å²) in [4.78, 5) is 32.9. The molecule has 0 saturated carbocycles. The van der Waals surface area contributed by atoms with E-state index in [0.717, 1.165) is 70.6 Å². The van der Waals surface area contributed by atoms with E-state index in [1.165, 1.54) is 25.7 Å². The molecular weight excluding hydrogens is 445 g/mol. The predicted molar refractivity (Wildman–Crippen MR) is 113 cm³/mol. The van der Waals surface area contributed by atoms with Crippen molar-refractivity contribution in [2.75, 3.05) is 6.54 Å². The lowest BCUT2D eigenvalue weighted by Crippen LogP contribution is -2.23. The van der Waals surface area contributed by atoms with Gasteiger partial charge < -0.3 is 13.2 Å². The molecule has 0 aliphatic heterocycles. The minimum atomic E-state index is -0.146. The van der Waals surface area contributed by atoms with Crippen molar-refractivity contribution in [1.82, 2.24) is 5.32 Å². The van der Waals surface area contributed by atoms with Crippen molar-refractivity contribution >= 4 is 41.2 Å². The van der Waals surface area contributed by atoms with Crippen LogP contribution in [-0.4, -0.2) is 24.7 Å². The Hall–Kier alpha value is -0.660. The topological polar surface area (TPSA) is 72.5 Å². The van der Waals surface area contributed by atoms with Gasteiger partial charge in [0.15, 0.2) is 23.0 Å². The zero-order valence-electron chi connectivity index (χ0n) is 16.1. The van der Waals surface area contributed by atoms with Crippen molar-refractivity contribution in [2.45, 2.75) is 103 Å². The highest BCUT2D eigenvalue weighted by atomic mass is 127. The largest absolute Gasteiger partial charge is 0.394 e. The van der Waals surface area contributed by atoms with Crippen LogP contribution in [-0.2, 0) is 17.4 Å². The highest BCUT2D eigenvalue weighted by Gasteiger charge is 2.02. The Balaban J connectivity index is 3.20. The number of carbonyl (C=O) groups excluding carboxylic acids is 3. The summed E-state index contributed by atoms with van der Waals surface area (Å²) in [7, 11) is 0. The zero-order chi connectivity index (χ0) is 19.3. The van der Waals surface area contributed by atoms with Crippen molar-refractivity contribution in [3.8, 4) is 0 Å². The summed E-state index contributed by atoms with van der Waals surface area (Å²) in [6.07, 6.45) is 17.1. The summed E-state index contributed by atoms with van der Waals surface area (Å²) < 4.78 is 4.57. The molecule has 6 heteroatoms. The van der Waals surface area contributed by atoms with Crippen LogP contribution < -0.4 is 5.32 Å². The van der Waals surface area contributed by atoms with Gasteiger partial charge in [-0.25, -0.2) is 0 Å². The molecule has 26 heavy (non-hydrogen) atoms. The first kappa shape index (κ1) is 25.3. The molecule has 152 valence electrons. The standard InChI is InChI=1S/C20H36INO4/c21-26-20(25)16-12-8-6-9-13-17-22-19(24)15-11-7-4-2-1-3-5-10-14-18-23/h18H,1-17H2,(H,22,24). The number of amides is 1. The van der Waals surface area contributed by atoms with Crippen molar-refractivity contribution in [3.05, 3.63) is 0 Å². The van der Waals surface area contributed by atoms with Crippen molar-refractivity contribution in [2.24, 2.45) is 0 Å². The van der Waals surface area contributed by atoms with Crippen LogP contribution in [0.3, 0.4) is 0 Å². The van der Waals surface area contributed by atoms with E-state index in [4.69, 9.17) is 0 Å². The molecule has 5 nitrogen and oxygen atoms in total. The third-order valence-electron chi connectivity index (χ3n) is 4.44. The van der Waals surface area contributed by atoms with Gasteiger partial charge in [-0.15, -0.1) is 0 Å². The lowest BCUT2D eigenvalue weighted by molar-refractivity contribution is -0.131. The van der Waals surface area contributed by atoms with Crippen molar-refractivity contribution < 1.29 is 17.4 Å². The Bertz CT molecular complexity index is 364. The Labute approximate surface area is 173 Å². The number of halogens is 1. The fourth-order valence-electron chi connectivity index (χ4n) is 2.85. The maximum Gasteiger partial charge on any atom is 0.315 e. The number of nitrogens with one attached hydrogen (secondary N) is 1. The summed E-state index contributed by atoms with van der Waals surface area (Å²) in [6, 6.07) is 0. The Morgan fingerprint density at radius 1 is 0.731 bits per heavy atom. The second kappa shape index (κ2) is 20.6. The molecular formula is C20H36INO4. The highest BCUT2D eigenvalue weighted by molar-refractivity contribution is 14.1. The third-order valence-corrected chi connectivity index (χ3v) is 4.93. The Morgan fingerprint density at radius 3 is 1.81 bits per heavy atom. The van der Waals surface area contributed by atoms with Crippen molar-refractivity contribution in [1.29, 1.82) is 0 Å². The minimum Gasteiger partial charge on any atom is -0.394 e. The predicted octanol–water partition coefficient (Wildman–Crippen LogP) is 5.44. The second-order valence-corrected chi connectivity index (χ2v) is 7.29. The molecule has 1 amide bonds. The van der Waals surface area contributed by atoms with Crippen LogP contribution in [0.25, 0.3) is 0 Å². The number of carbonyl (C=O) groups is 3. The van der Waals surface area contributed by atoms with Crippen LogP contribution in [0.2, 0.25) is 0 Å². The Morgan fingerprint density at radius 2 is 1.23 bits per heavy atom. The maximum atomic E-state index is 11.7. The fraction of sp³-hybridized carbons (Fsp3) is 0.850. The van der Waals surface area contributed by atoms with Crippen LogP contribution in [0.5, 0.6) is 0 Å². The number of hydrogen-bond donors (Lipinski definition) is 1. The molecule has 0 aromatic rings. The third kappa shape index (κ3) is 19.7. The molecule has 0 unspecified atom stereocenters. The molecule has 0 saturated heterocycles. The molecule has 0 fully saturated rings. The van der Waals surface area contributed by atoms with Gasteiger partial charge in [0.25, 0.3) is 0 Å². The van der Waals surface area contributed by atoms with Gasteiger partial charge in [-0.2, -0.15) is 0 Å². The van der Waals surface area contributed by atoms with Gasteiger partial charge >= 0.3 is 5.97 Å². The number of rotatable bonds is 19. The molecule has 0 rings (SSSR count). The molecule has 0 radical (unpaired) electrons. The van der Waals surface area contributed by atoms with Gasteiger partial charge in [0.2, 0.25) is 5.91 Å². The van der Waals surface area contributed by atoms with Gasteiger partial charge in [-0.3, -0.25) is 9.59 Å². The zero-order valence-corrected chi connectivity index (χ0v) is 18.3. The highest BCUT2D eigenvalue weighted by Crippen LogP contribution is 2.10. The molecule has 0 aromatic carbocycles. The second-order valence-electron chi connectivity index (χ2n) is 6.85. The first-order valence-electron chi connectivity index (χ1n) is 10.2. The number of hydrogen-bond acceptors (Lipinski definition) is 4. The van der Waals surface area contributed by atoms with Gasteiger partial charge in [-0.1, -0.05) is 57.8 Å². The minimum absolute atomic E-state index is 0.146. The summed E-state index contributed by atoms with van der Waals surface area (Å²) >= 11 is 1.62. The molecule has 1 N–H and O–H groups in total. The molecule has 0 aromatic heterocycles. The van der Waals surface area contributed by atoms with E-state index in [2.05, 4.69) is 8.38 Å². The van der Waals surface area contributed by atoms with Crippen LogP contribution in [0.15, 0.2) is 0 Å². The van der Waals surface area contributed by atoms with Crippen LogP contribution in [0.4, 0.5) is 0 Å². The van der Waals surface area contributed by atoms with Crippen molar-refractivity contribution in [3.63, 3.8) is 0 Å².